The monoisotopic (exact) mass is 178 g/mol. The molecule has 0 spiro atoms. The van der Waals surface area contributed by atoms with Gasteiger partial charge in [-0.15, -0.1) is 0 Å². The largest absolute Gasteiger partial charge is 0.479 e. The predicted molar refractivity (Wildman–Crippen MR) is 42.1 cm³/mol. The van der Waals surface area contributed by atoms with Crippen molar-refractivity contribution in [2.45, 2.75) is 0 Å². The van der Waals surface area contributed by atoms with E-state index in [9.17, 15) is 4.79 Å². The molecule has 0 atom stereocenters. The Kier molecular flexibility index (Phi) is 2.82. The summed E-state index contributed by atoms with van der Waals surface area (Å²) in [6, 6.07) is 6.39. The number of carbonyl (C=O) groups is 1. The van der Waals surface area contributed by atoms with E-state index in [4.69, 9.17) is 15.1 Å². The molecule has 0 radical (unpaired) electrons. The fourth-order valence-corrected chi connectivity index (χ4v) is 0.693. The van der Waals surface area contributed by atoms with Crippen LogP contribution in [-0.4, -0.2) is 22.7 Å². The predicted octanol–water partition coefficient (Wildman–Crippen LogP) is 0.417. The second-order valence-electron chi connectivity index (χ2n) is 2.16. The van der Waals surface area contributed by atoms with Crippen LogP contribution in [0.5, 0.6) is 5.88 Å². The second-order valence-corrected chi connectivity index (χ2v) is 2.16. The molecule has 13 heavy (non-hydrogen) atoms. The van der Waals surface area contributed by atoms with Crippen LogP contribution in [0, 0.1) is 11.3 Å². The molecule has 0 fully saturated rings. The first-order chi connectivity index (χ1) is 6.22. The number of nitrogens with zero attached hydrogens (tertiary/aromatic N) is 2. The number of pyridine rings is 1. The van der Waals surface area contributed by atoms with Crippen molar-refractivity contribution in [3.8, 4) is 11.9 Å². The number of rotatable bonds is 3. The Balaban J connectivity index is 2.68. The summed E-state index contributed by atoms with van der Waals surface area (Å²) in [5, 5.41) is 16.7. The third-order valence-corrected chi connectivity index (χ3v) is 1.18. The van der Waals surface area contributed by atoms with E-state index in [0.29, 0.717) is 0 Å². The molecule has 0 saturated heterocycles. The number of nitriles is 1. The summed E-state index contributed by atoms with van der Waals surface area (Å²) in [6.07, 6.45) is 0. The van der Waals surface area contributed by atoms with Crippen molar-refractivity contribution < 1.29 is 14.6 Å². The van der Waals surface area contributed by atoms with Gasteiger partial charge in [-0.1, -0.05) is 6.07 Å². The zero-order valence-corrected chi connectivity index (χ0v) is 6.60. The molecule has 1 aromatic heterocycles. The molecule has 0 bridgehead atoms. The van der Waals surface area contributed by atoms with Gasteiger partial charge in [-0.25, -0.2) is 9.78 Å². The minimum Gasteiger partial charge on any atom is -0.479 e. The van der Waals surface area contributed by atoms with E-state index in [-0.39, 0.29) is 11.6 Å². The normalized spacial score (nSPS) is 8.85. The smallest absolute Gasteiger partial charge is 0.341 e. The van der Waals surface area contributed by atoms with E-state index in [2.05, 4.69) is 4.98 Å². The number of ether oxygens (including phenoxy) is 1. The number of aliphatic carboxylic acids is 1. The van der Waals surface area contributed by atoms with E-state index >= 15 is 0 Å². The Morgan fingerprint density at radius 1 is 1.69 bits per heavy atom. The van der Waals surface area contributed by atoms with Crippen LogP contribution in [0.25, 0.3) is 0 Å². The second kappa shape index (κ2) is 4.07. The highest BCUT2D eigenvalue weighted by atomic mass is 16.5. The summed E-state index contributed by atoms with van der Waals surface area (Å²) in [5.74, 6) is -0.939. The lowest BCUT2D eigenvalue weighted by Gasteiger charge is -2.00. The van der Waals surface area contributed by atoms with E-state index in [0.717, 1.165) is 0 Å². The van der Waals surface area contributed by atoms with Gasteiger partial charge in [0.2, 0.25) is 5.88 Å². The van der Waals surface area contributed by atoms with Crippen molar-refractivity contribution >= 4 is 5.97 Å². The molecule has 5 nitrogen and oxygen atoms in total. The lowest BCUT2D eigenvalue weighted by Crippen LogP contribution is -2.10. The van der Waals surface area contributed by atoms with Crippen molar-refractivity contribution in [3.63, 3.8) is 0 Å². The van der Waals surface area contributed by atoms with Crippen LogP contribution in [0.4, 0.5) is 0 Å². The lowest BCUT2D eigenvalue weighted by atomic mass is 10.4. The number of carboxylic acids is 1. The highest BCUT2D eigenvalue weighted by Crippen LogP contribution is 2.06. The molecule has 0 aliphatic rings. The minimum atomic E-state index is -1.08. The summed E-state index contributed by atoms with van der Waals surface area (Å²) in [7, 11) is 0. The molecule has 1 N–H and O–H groups in total. The molecule has 0 saturated carbocycles. The van der Waals surface area contributed by atoms with E-state index < -0.39 is 12.6 Å². The van der Waals surface area contributed by atoms with Crippen molar-refractivity contribution in [3.05, 3.63) is 23.9 Å². The first kappa shape index (κ1) is 9.00. The molecule has 1 aromatic rings. The van der Waals surface area contributed by atoms with Crippen molar-refractivity contribution in [1.29, 1.82) is 5.26 Å². The minimum absolute atomic E-state index is 0.140. The van der Waals surface area contributed by atoms with Gasteiger partial charge in [0.25, 0.3) is 0 Å². The van der Waals surface area contributed by atoms with Crippen LogP contribution >= 0.6 is 0 Å². The average molecular weight is 178 g/mol. The molecule has 0 aromatic carbocycles. The maximum absolute atomic E-state index is 10.1. The van der Waals surface area contributed by atoms with Crippen LogP contribution in [0.15, 0.2) is 18.2 Å². The van der Waals surface area contributed by atoms with Gasteiger partial charge in [-0.3, -0.25) is 0 Å². The van der Waals surface area contributed by atoms with Gasteiger partial charge in [0, 0.05) is 6.07 Å². The van der Waals surface area contributed by atoms with Gasteiger partial charge >= 0.3 is 5.97 Å². The number of hydrogen-bond donors (Lipinski definition) is 1. The molecule has 0 amide bonds. The summed E-state index contributed by atoms with van der Waals surface area (Å²) in [5.41, 5.74) is 0.197. The topological polar surface area (TPSA) is 83.2 Å². The Labute approximate surface area is 74.2 Å². The third kappa shape index (κ3) is 2.79. The van der Waals surface area contributed by atoms with Crippen molar-refractivity contribution in [1.82, 2.24) is 4.98 Å². The molecular formula is C8H6N2O3. The summed E-state index contributed by atoms with van der Waals surface area (Å²) < 4.78 is 4.75. The maximum Gasteiger partial charge on any atom is 0.341 e. The van der Waals surface area contributed by atoms with E-state index in [1.807, 2.05) is 6.07 Å². The fourth-order valence-electron chi connectivity index (χ4n) is 0.693. The molecule has 66 valence electrons. The molecule has 0 unspecified atom stereocenters. The summed E-state index contributed by atoms with van der Waals surface area (Å²) >= 11 is 0. The molecule has 5 heteroatoms. The highest BCUT2D eigenvalue weighted by molar-refractivity contribution is 5.68. The summed E-state index contributed by atoms with van der Waals surface area (Å²) in [4.78, 5) is 13.8. The summed E-state index contributed by atoms with van der Waals surface area (Å²) in [6.45, 7) is -0.456. The molecule has 1 rings (SSSR count). The third-order valence-electron chi connectivity index (χ3n) is 1.18. The van der Waals surface area contributed by atoms with Gasteiger partial charge in [0.15, 0.2) is 6.61 Å². The maximum atomic E-state index is 10.1. The van der Waals surface area contributed by atoms with Gasteiger partial charge < -0.3 is 9.84 Å². The first-order valence-electron chi connectivity index (χ1n) is 3.44. The molecule has 1 heterocycles. The van der Waals surface area contributed by atoms with Gasteiger partial charge in [-0.2, -0.15) is 5.26 Å². The zero-order valence-electron chi connectivity index (χ0n) is 6.60. The van der Waals surface area contributed by atoms with E-state index in [1.165, 1.54) is 12.1 Å². The Hall–Kier alpha value is -2.09. The number of aromatic nitrogens is 1. The highest BCUT2D eigenvalue weighted by Gasteiger charge is 2.00. The lowest BCUT2D eigenvalue weighted by molar-refractivity contribution is -0.139. The van der Waals surface area contributed by atoms with Gasteiger partial charge in [0.05, 0.1) is 0 Å². The van der Waals surface area contributed by atoms with Gasteiger partial charge in [-0.05, 0) is 6.07 Å². The van der Waals surface area contributed by atoms with Crippen LogP contribution in [0.2, 0.25) is 0 Å². The number of hydrogen-bond acceptors (Lipinski definition) is 4. The molecule has 0 aliphatic carbocycles. The van der Waals surface area contributed by atoms with E-state index in [1.54, 1.807) is 6.07 Å². The van der Waals surface area contributed by atoms with Crippen molar-refractivity contribution in [2.75, 3.05) is 6.61 Å². The Bertz CT molecular complexity index is 357. The number of carboxylic acid groups (broad SMARTS) is 1. The van der Waals surface area contributed by atoms with Crippen LogP contribution in [-0.2, 0) is 4.79 Å². The Morgan fingerprint density at radius 2 is 2.46 bits per heavy atom. The van der Waals surface area contributed by atoms with Crippen LogP contribution < -0.4 is 4.74 Å². The van der Waals surface area contributed by atoms with Crippen LogP contribution in [0.1, 0.15) is 5.69 Å². The van der Waals surface area contributed by atoms with Crippen LogP contribution in [0.3, 0.4) is 0 Å². The van der Waals surface area contributed by atoms with Crippen molar-refractivity contribution in [2.24, 2.45) is 0 Å². The van der Waals surface area contributed by atoms with Gasteiger partial charge in [0.1, 0.15) is 11.8 Å². The fraction of sp³-hybridized carbons (Fsp3) is 0.125. The zero-order chi connectivity index (χ0) is 9.68. The molecular weight excluding hydrogens is 172 g/mol. The standard InChI is InChI=1S/C8H6N2O3/c9-4-6-2-1-3-7(10-6)13-5-8(11)12/h1-3H,5H2,(H,11,12). The quantitative estimate of drug-likeness (QED) is 0.724. The molecule has 0 aliphatic heterocycles. The average Bonchev–Trinajstić information content (AvgIpc) is 2.15. The Morgan fingerprint density at radius 3 is 3.08 bits per heavy atom. The first-order valence-corrected chi connectivity index (χ1v) is 3.44. The SMILES string of the molecule is N#Cc1cccc(OCC(=O)O)n1.